The van der Waals surface area contributed by atoms with Crippen LogP contribution < -0.4 is 10.5 Å². The normalized spacial score (nSPS) is 11.9. The van der Waals surface area contributed by atoms with Gasteiger partial charge in [-0.1, -0.05) is 12.2 Å². The Labute approximate surface area is 96.8 Å². The smallest absolute Gasteiger partial charge is 0.344 e. The Balaban J connectivity index is 2.89. The van der Waals surface area contributed by atoms with E-state index < -0.39 is 17.9 Å². The van der Waals surface area contributed by atoms with Gasteiger partial charge in [0.1, 0.15) is 16.6 Å². The second-order valence-electron chi connectivity index (χ2n) is 3.10. The van der Waals surface area contributed by atoms with Gasteiger partial charge in [0.05, 0.1) is 0 Å². The number of hydrogen-bond acceptors (Lipinski definition) is 3. The highest BCUT2D eigenvalue weighted by Crippen LogP contribution is 2.17. The summed E-state index contributed by atoms with van der Waals surface area (Å²) in [5, 5.41) is 8.60. The Morgan fingerprint density at radius 3 is 2.69 bits per heavy atom. The predicted molar refractivity (Wildman–Crippen MR) is 60.0 cm³/mol. The van der Waals surface area contributed by atoms with Gasteiger partial charge in [0.15, 0.2) is 6.10 Å². The quantitative estimate of drug-likeness (QED) is 0.780. The van der Waals surface area contributed by atoms with E-state index in [2.05, 4.69) is 12.2 Å². The minimum Gasteiger partial charge on any atom is -0.479 e. The average molecular weight is 243 g/mol. The molecule has 3 N–H and O–H groups in total. The highest BCUT2D eigenvalue weighted by molar-refractivity contribution is 7.80. The van der Waals surface area contributed by atoms with Crippen LogP contribution in [-0.2, 0) is 4.79 Å². The zero-order chi connectivity index (χ0) is 12.3. The van der Waals surface area contributed by atoms with Gasteiger partial charge >= 0.3 is 5.97 Å². The van der Waals surface area contributed by atoms with E-state index >= 15 is 0 Å². The second-order valence-corrected chi connectivity index (χ2v) is 3.54. The van der Waals surface area contributed by atoms with Crippen molar-refractivity contribution in [2.45, 2.75) is 13.0 Å². The highest BCUT2D eigenvalue weighted by atomic mass is 32.1. The third-order valence-corrected chi connectivity index (χ3v) is 2.09. The van der Waals surface area contributed by atoms with E-state index in [1.807, 2.05) is 0 Å². The van der Waals surface area contributed by atoms with E-state index in [-0.39, 0.29) is 16.3 Å². The van der Waals surface area contributed by atoms with Gasteiger partial charge in [-0.05, 0) is 19.1 Å². The number of rotatable bonds is 4. The van der Waals surface area contributed by atoms with Crippen LogP contribution in [0.4, 0.5) is 4.39 Å². The van der Waals surface area contributed by atoms with Gasteiger partial charge in [-0.3, -0.25) is 0 Å². The SMILES string of the molecule is CC(Oc1ccc(C(N)=S)c(F)c1)C(=O)O. The number of carboxylic acid groups (broad SMARTS) is 1. The summed E-state index contributed by atoms with van der Waals surface area (Å²) in [4.78, 5) is 10.4. The first-order chi connectivity index (χ1) is 7.41. The van der Waals surface area contributed by atoms with Crippen LogP contribution in [0, 0.1) is 5.82 Å². The summed E-state index contributed by atoms with van der Waals surface area (Å²) in [7, 11) is 0. The number of hydrogen-bond donors (Lipinski definition) is 2. The number of benzene rings is 1. The Hall–Kier alpha value is -1.69. The summed E-state index contributed by atoms with van der Waals surface area (Å²) in [6.45, 7) is 1.35. The summed E-state index contributed by atoms with van der Waals surface area (Å²) in [6, 6.07) is 3.81. The molecule has 4 nitrogen and oxygen atoms in total. The Morgan fingerprint density at radius 1 is 1.62 bits per heavy atom. The average Bonchev–Trinajstić information content (AvgIpc) is 2.16. The lowest BCUT2D eigenvalue weighted by Crippen LogP contribution is -2.23. The van der Waals surface area contributed by atoms with Crippen LogP contribution >= 0.6 is 12.2 Å². The third-order valence-electron chi connectivity index (χ3n) is 1.87. The molecule has 0 heterocycles. The summed E-state index contributed by atoms with van der Waals surface area (Å²) >= 11 is 4.63. The number of aliphatic carboxylic acids is 1. The summed E-state index contributed by atoms with van der Waals surface area (Å²) in [6.07, 6.45) is -1.05. The molecule has 0 aliphatic heterocycles. The molecule has 1 rings (SSSR count). The maximum absolute atomic E-state index is 13.4. The minimum absolute atomic E-state index is 0.0599. The van der Waals surface area contributed by atoms with Crippen LogP contribution in [-0.4, -0.2) is 22.2 Å². The Kier molecular flexibility index (Phi) is 3.78. The van der Waals surface area contributed by atoms with Crippen LogP contribution in [0.25, 0.3) is 0 Å². The van der Waals surface area contributed by atoms with Gasteiger partial charge in [0.25, 0.3) is 0 Å². The third kappa shape index (κ3) is 2.90. The fourth-order valence-electron chi connectivity index (χ4n) is 1.02. The number of thiocarbonyl (C=S) groups is 1. The number of carboxylic acids is 1. The molecule has 0 aliphatic rings. The lowest BCUT2D eigenvalue weighted by molar-refractivity contribution is -0.144. The number of ether oxygens (including phenoxy) is 1. The van der Waals surface area contributed by atoms with Crippen LogP contribution in [0.2, 0.25) is 0 Å². The van der Waals surface area contributed by atoms with Crippen LogP contribution in [0.5, 0.6) is 5.75 Å². The molecule has 6 heteroatoms. The highest BCUT2D eigenvalue weighted by Gasteiger charge is 2.14. The molecule has 1 unspecified atom stereocenters. The minimum atomic E-state index is -1.13. The fourth-order valence-corrected chi connectivity index (χ4v) is 1.19. The largest absolute Gasteiger partial charge is 0.479 e. The first kappa shape index (κ1) is 12.4. The van der Waals surface area contributed by atoms with Crippen molar-refractivity contribution in [3.63, 3.8) is 0 Å². The molecule has 1 aromatic carbocycles. The summed E-state index contributed by atoms with van der Waals surface area (Å²) < 4.78 is 18.3. The Morgan fingerprint density at radius 2 is 2.25 bits per heavy atom. The van der Waals surface area contributed by atoms with E-state index in [0.717, 1.165) is 6.07 Å². The summed E-state index contributed by atoms with van der Waals surface area (Å²) in [5.74, 6) is -1.64. The molecule has 0 aliphatic carbocycles. The van der Waals surface area contributed by atoms with Gasteiger partial charge in [-0.2, -0.15) is 0 Å². The number of carbonyl (C=O) groups is 1. The standard InChI is InChI=1S/C10H10FNO3S/c1-5(10(13)14)15-6-2-3-7(9(12)16)8(11)4-6/h2-5H,1H3,(H2,12,16)(H,13,14). The maximum atomic E-state index is 13.4. The molecule has 1 atom stereocenters. The molecular weight excluding hydrogens is 233 g/mol. The molecule has 0 bridgehead atoms. The maximum Gasteiger partial charge on any atom is 0.344 e. The molecule has 0 spiro atoms. The van der Waals surface area contributed by atoms with Crippen molar-refractivity contribution >= 4 is 23.2 Å². The molecule has 0 saturated heterocycles. The van der Waals surface area contributed by atoms with Gasteiger partial charge in [0, 0.05) is 11.6 Å². The van der Waals surface area contributed by atoms with Crippen molar-refractivity contribution in [3.8, 4) is 5.75 Å². The molecular formula is C10H10FNO3S. The Bertz CT molecular complexity index is 436. The van der Waals surface area contributed by atoms with Gasteiger partial charge < -0.3 is 15.6 Å². The second kappa shape index (κ2) is 4.89. The first-order valence-electron chi connectivity index (χ1n) is 4.40. The van der Waals surface area contributed by atoms with Crippen molar-refractivity contribution in [3.05, 3.63) is 29.6 Å². The van der Waals surface area contributed by atoms with E-state index in [1.165, 1.54) is 19.1 Å². The van der Waals surface area contributed by atoms with Crippen LogP contribution in [0.3, 0.4) is 0 Å². The van der Waals surface area contributed by atoms with Gasteiger partial charge in [-0.15, -0.1) is 0 Å². The molecule has 16 heavy (non-hydrogen) atoms. The van der Waals surface area contributed by atoms with Crippen molar-refractivity contribution in [1.82, 2.24) is 0 Å². The summed E-state index contributed by atoms with van der Waals surface area (Å²) in [5.41, 5.74) is 5.37. The van der Waals surface area contributed by atoms with Crippen molar-refractivity contribution < 1.29 is 19.0 Å². The van der Waals surface area contributed by atoms with Crippen LogP contribution in [0.1, 0.15) is 12.5 Å². The van der Waals surface area contributed by atoms with Crippen molar-refractivity contribution in [2.75, 3.05) is 0 Å². The van der Waals surface area contributed by atoms with Gasteiger partial charge in [0.2, 0.25) is 0 Å². The fraction of sp³-hybridized carbons (Fsp3) is 0.200. The molecule has 0 aromatic heterocycles. The predicted octanol–water partition coefficient (Wildman–Crippen LogP) is 1.31. The molecule has 86 valence electrons. The number of nitrogens with two attached hydrogens (primary N) is 1. The molecule has 0 amide bonds. The zero-order valence-electron chi connectivity index (χ0n) is 8.44. The van der Waals surface area contributed by atoms with E-state index in [1.54, 1.807) is 0 Å². The van der Waals surface area contributed by atoms with E-state index in [4.69, 9.17) is 15.6 Å². The molecule has 0 saturated carbocycles. The van der Waals surface area contributed by atoms with Crippen LogP contribution in [0.15, 0.2) is 18.2 Å². The van der Waals surface area contributed by atoms with Crippen molar-refractivity contribution in [2.24, 2.45) is 5.73 Å². The van der Waals surface area contributed by atoms with Gasteiger partial charge in [-0.25, -0.2) is 9.18 Å². The zero-order valence-corrected chi connectivity index (χ0v) is 9.25. The molecule has 1 aromatic rings. The van der Waals surface area contributed by atoms with E-state index in [0.29, 0.717) is 0 Å². The lowest BCUT2D eigenvalue weighted by Gasteiger charge is -2.11. The lowest BCUT2D eigenvalue weighted by atomic mass is 10.2. The first-order valence-corrected chi connectivity index (χ1v) is 4.81. The monoisotopic (exact) mass is 243 g/mol. The number of halogens is 1. The van der Waals surface area contributed by atoms with Crippen molar-refractivity contribution in [1.29, 1.82) is 0 Å². The molecule has 0 fully saturated rings. The topological polar surface area (TPSA) is 72.5 Å². The molecule has 0 radical (unpaired) electrons. The van der Waals surface area contributed by atoms with E-state index in [9.17, 15) is 9.18 Å².